The quantitative estimate of drug-likeness (QED) is 0.521. The molecule has 0 spiro atoms. The van der Waals surface area contributed by atoms with Crippen molar-refractivity contribution in [3.05, 3.63) is 81.1 Å². The third-order valence-corrected chi connectivity index (χ3v) is 6.71. The lowest BCUT2D eigenvalue weighted by atomic mass is 10.1. The Kier molecular flexibility index (Phi) is 6.43. The summed E-state index contributed by atoms with van der Waals surface area (Å²) >= 11 is 0.846. The molecule has 1 saturated heterocycles. The van der Waals surface area contributed by atoms with Crippen molar-refractivity contribution in [2.75, 3.05) is 11.9 Å². The Labute approximate surface area is 202 Å². The van der Waals surface area contributed by atoms with Crippen LogP contribution in [0.3, 0.4) is 0 Å². The van der Waals surface area contributed by atoms with E-state index < -0.39 is 17.1 Å². The van der Waals surface area contributed by atoms with E-state index in [1.807, 2.05) is 81.8 Å². The number of aryl methyl sites for hydroxylation is 4. The zero-order valence-electron chi connectivity index (χ0n) is 19.8. The molecule has 0 saturated carbocycles. The van der Waals surface area contributed by atoms with Crippen molar-refractivity contribution in [1.82, 2.24) is 14.5 Å². The van der Waals surface area contributed by atoms with Crippen LogP contribution in [0.15, 0.2) is 47.5 Å². The smallest absolute Gasteiger partial charge is 0.294 e. The molecule has 174 valence electrons. The first-order valence-electron chi connectivity index (χ1n) is 10.9. The molecule has 1 fully saturated rings. The Hall–Kier alpha value is -3.65. The van der Waals surface area contributed by atoms with Crippen LogP contribution < -0.4 is 5.32 Å². The number of imide groups is 1. The Bertz CT molecular complexity index is 1320. The van der Waals surface area contributed by atoms with Gasteiger partial charge in [-0.2, -0.15) is 0 Å². The third-order valence-electron chi connectivity index (χ3n) is 5.80. The highest BCUT2D eigenvalue weighted by atomic mass is 32.2. The lowest BCUT2D eigenvalue weighted by Crippen LogP contribution is -2.36. The Morgan fingerprint density at radius 1 is 1.06 bits per heavy atom. The number of carbonyl (C=O) groups excluding carboxylic acids is 3. The molecule has 0 bridgehead atoms. The van der Waals surface area contributed by atoms with Gasteiger partial charge in [-0.15, -0.1) is 0 Å². The minimum atomic E-state index is -0.468. The van der Waals surface area contributed by atoms with E-state index in [9.17, 15) is 14.4 Å². The fourth-order valence-electron chi connectivity index (χ4n) is 3.99. The van der Waals surface area contributed by atoms with Gasteiger partial charge in [0.15, 0.2) is 0 Å². The molecular weight excluding hydrogens is 448 g/mol. The van der Waals surface area contributed by atoms with Gasteiger partial charge in [-0.25, -0.2) is 4.98 Å². The van der Waals surface area contributed by atoms with Crippen molar-refractivity contribution in [2.45, 2.75) is 34.6 Å². The first-order chi connectivity index (χ1) is 16.2. The van der Waals surface area contributed by atoms with Crippen molar-refractivity contribution in [2.24, 2.45) is 0 Å². The highest BCUT2D eigenvalue weighted by molar-refractivity contribution is 8.18. The summed E-state index contributed by atoms with van der Waals surface area (Å²) in [7, 11) is 0. The summed E-state index contributed by atoms with van der Waals surface area (Å²) < 4.78 is 2.01. The summed E-state index contributed by atoms with van der Waals surface area (Å²) in [4.78, 5) is 43.9. The number of rotatable bonds is 5. The number of hydrogen-bond donors (Lipinski definition) is 1. The van der Waals surface area contributed by atoms with Crippen LogP contribution >= 0.6 is 11.8 Å². The minimum absolute atomic E-state index is 0.294. The van der Waals surface area contributed by atoms with Crippen molar-refractivity contribution in [1.29, 1.82) is 0 Å². The largest absolute Gasteiger partial charge is 0.324 e. The molecule has 1 aliphatic rings. The van der Waals surface area contributed by atoms with Gasteiger partial charge in [0.1, 0.15) is 12.4 Å². The molecule has 3 aromatic rings. The first kappa shape index (κ1) is 23.5. The summed E-state index contributed by atoms with van der Waals surface area (Å²) in [6.45, 7) is 9.36. The van der Waals surface area contributed by atoms with Gasteiger partial charge in [0.25, 0.3) is 11.1 Å². The van der Waals surface area contributed by atoms with Gasteiger partial charge in [-0.05, 0) is 86.8 Å². The Morgan fingerprint density at radius 2 is 1.76 bits per heavy atom. The second-order valence-electron chi connectivity index (χ2n) is 8.44. The molecule has 34 heavy (non-hydrogen) atoms. The molecule has 7 nitrogen and oxygen atoms in total. The van der Waals surface area contributed by atoms with E-state index in [4.69, 9.17) is 0 Å². The molecule has 1 aliphatic heterocycles. The second-order valence-corrected chi connectivity index (χ2v) is 9.43. The maximum absolute atomic E-state index is 13.0. The number of hydrogen-bond acceptors (Lipinski definition) is 5. The first-order valence-corrected chi connectivity index (χ1v) is 11.7. The van der Waals surface area contributed by atoms with Crippen LogP contribution in [0.25, 0.3) is 11.9 Å². The van der Waals surface area contributed by atoms with E-state index in [1.165, 1.54) is 0 Å². The highest BCUT2D eigenvalue weighted by Gasteiger charge is 2.36. The highest BCUT2D eigenvalue weighted by Crippen LogP contribution is 2.33. The molecule has 0 unspecified atom stereocenters. The summed E-state index contributed by atoms with van der Waals surface area (Å²) in [6, 6.07) is 11.6. The van der Waals surface area contributed by atoms with E-state index in [-0.39, 0.29) is 6.54 Å². The monoisotopic (exact) mass is 474 g/mol. The molecule has 2 aromatic heterocycles. The van der Waals surface area contributed by atoms with Crippen molar-refractivity contribution < 1.29 is 14.4 Å². The van der Waals surface area contributed by atoms with E-state index in [0.717, 1.165) is 56.1 Å². The van der Waals surface area contributed by atoms with Crippen LogP contribution in [0, 0.1) is 34.6 Å². The summed E-state index contributed by atoms with van der Waals surface area (Å²) in [5, 5.41) is 2.37. The molecule has 3 amide bonds. The summed E-state index contributed by atoms with van der Waals surface area (Å²) in [5.41, 5.74) is 6.31. The van der Waals surface area contributed by atoms with Gasteiger partial charge >= 0.3 is 0 Å². The van der Waals surface area contributed by atoms with E-state index in [2.05, 4.69) is 10.3 Å². The molecule has 3 heterocycles. The van der Waals surface area contributed by atoms with Crippen LogP contribution in [-0.2, 0) is 9.59 Å². The predicted molar refractivity (Wildman–Crippen MR) is 135 cm³/mol. The lowest BCUT2D eigenvalue weighted by Gasteiger charge is -2.15. The number of amides is 3. The molecule has 8 heteroatoms. The number of para-hydroxylation sites is 1. The molecule has 0 aliphatic carbocycles. The number of carbonyl (C=O) groups is 3. The van der Waals surface area contributed by atoms with E-state index in [1.54, 1.807) is 6.08 Å². The van der Waals surface area contributed by atoms with Crippen molar-refractivity contribution in [3.8, 4) is 5.82 Å². The van der Waals surface area contributed by atoms with Crippen molar-refractivity contribution in [3.63, 3.8) is 0 Å². The van der Waals surface area contributed by atoms with Crippen LogP contribution in [0.5, 0.6) is 0 Å². The maximum atomic E-state index is 13.0. The third kappa shape index (κ3) is 4.54. The van der Waals surface area contributed by atoms with E-state index in [0.29, 0.717) is 10.6 Å². The van der Waals surface area contributed by atoms with Gasteiger partial charge in [-0.1, -0.05) is 24.3 Å². The number of anilines is 1. The summed E-state index contributed by atoms with van der Waals surface area (Å²) in [5.74, 6) is -0.0917. The Morgan fingerprint density at radius 3 is 2.41 bits per heavy atom. The second kappa shape index (κ2) is 9.30. The van der Waals surface area contributed by atoms with Crippen LogP contribution in [0.1, 0.15) is 33.6 Å². The standard InChI is InChI=1S/C26H26N4O3S/c1-15-9-10-22(27-13-15)30-18(4)11-20(19(30)5)12-21-25(32)29(26(33)34-21)14-23(31)28-24-16(2)7-6-8-17(24)3/h6-13H,14H2,1-5H3,(H,28,31)/b21-12-. The van der Waals surface area contributed by atoms with Crippen LogP contribution in [0.4, 0.5) is 10.5 Å². The Balaban J connectivity index is 1.54. The number of benzene rings is 1. The van der Waals surface area contributed by atoms with E-state index >= 15 is 0 Å². The van der Waals surface area contributed by atoms with Gasteiger partial charge in [0.2, 0.25) is 5.91 Å². The molecule has 0 radical (unpaired) electrons. The fraction of sp³-hybridized carbons (Fsp3) is 0.231. The molecule has 0 atom stereocenters. The number of aromatic nitrogens is 2. The number of nitrogens with one attached hydrogen (secondary N) is 1. The molecular formula is C26H26N4O3S. The fourth-order valence-corrected chi connectivity index (χ4v) is 4.82. The number of nitrogens with zero attached hydrogens (tertiary/aromatic N) is 3. The van der Waals surface area contributed by atoms with Gasteiger partial charge in [0.05, 0.1) is 4.91 Å². The lowest BCUT2D eigenvalue weighted by molar-refractivity contribution is -0.127. The number of thioether (sulfide) groups is 1. The molecule has 4 rings (SSSR count). The SMILES string of the molecule is Cc1ccc(-n2c(C)cc(/C=C3\SC(=O)N(CC(=O)Nc4c(C)cccc4C)C3=O)c2C)nc1. The minimum Gasteiger partial charge on any atom is -0.324 e. The topological polar surface area (TPSA) is 84.3 Å². The maximum Gasteiger partial charge on any atom is 0.294 e. The van der Waals surface area contributed by atoms with Gasteiger partial charge < -0.3 is 9.88 Å². The molecule has 1 N–H and O–H groups in total. The number of pyridine rings is 1. The predicted octanol–water partition coefficient (Wildman–Crippen LogP) is 5.09. The van der Waals surface area contributed by atoms with Crippen LogP contribution in [0.2, 0.25) is 0 Å². The average molecular weight is 475 g/mol. The van der Waals surface area contributed by atoms with Gasteiger partial charge in [0, 0.05) is 23.3 Å². The summed E-state index contributed by atoms with van der Waals surface area (Å²) in [6.07, 6.45) is 3.52. The van der Waals surface area contributed by atoms with Crippen molar-refractivity contribution >= 4 is 40.6 Å². The molecule has 1 aromatic carbocycles. The van der Waals surface area contributed by atoms with Crippen LogP contribution in [-0.4, -0.2) is 38.0 Å². The average Bonchev–Trinajstić information content (AvgIpc) is 3.21. The zero-order chi connectivity index (χ0) is 24.6. The normalized spacial score (nSPS) is 14.9. The zero-order valence-corrected chi connectivity index (χ0v) is 20.6. The van der Waals surface area contributed by atoms with Gasteiger partial charge in [-0.3, -0.25) is 19.3 Å².